The molecule has 0 fully saturated rings. The van der Waals surface area contributed by atoms with Gasteiger partial charge in [0, 0.05) is 26.2 Å². The number of ether oxygens (including phenoxy) is 1. The molecule has 1 N–H and O–H groups in total. The van der Waals surface area contributed by atoms with E-state index in [4.69, 9.17) is 4.74 Å². The Bertz CT molecular complexity index is 891. The molecule has 7 heteroatoms. The summed E-state index contributed by atoms with van der Waals surface area (Å²) in [5, 5.41) is 2.76. The molecule has 6 nitrogen and oxygen atoms in total. The minimum Gasteiger partial charge on any atom is -0.495 e. The van der Waals surface area contributed by atoms with Crippen LogP contribution in [0.4, 0.5) is 5.69 Å². The SMILES string of the molecule is CCc1ccc(CCC(=O)Nc2ccc(OC)c(S(=O)(=O)N(C)C)c2)cc1. The van der Waals surface area contributed by atoms with E-state index in [-0.39, 0.29) is 16.6 Å². The second-order valence-electron chi connectivity index (χ2n) is 6.37. The highest BCUT2D eigenvalue weighted by molar-refractivity contribution is 7.89. The molecule has 146 valence electrons. The highest BCUT2D eigenvalue weighted by atomic mass is 32.2. The molecule has 0 heterocycles. The number of rotatable bonds is 8. The third-order valence-corrected chi connectivity index (χ3v) is 6.11. The van der Waals surface area contributed by atoms with Crippen molar-refractivity contribution in [2.24, 2.45) is 0 Å². The summed E-state index contributed by atoms with van der Waals surface area (Å²) in [4.78, 5) is 12.3. The molecule has 0 saturated heterocycles. The van der Waals surface area contributed by atoms with Gasteiger partial charge in [0.25, 0.3) is 0 Å². The Morgan fingerprint density at radius 2 is 1.70 bits per heavy atom. The van der Waals surface area contributed by atoms with Gasteiger partial charge in [-0.15, -0.1) is 0 Å². The molecule has 2 aromatic carbocycles. The number of nitrogens with one attached hydrogen (secondary N) is 1. The number of sulfonamides is 1. The monoisotopic (exact) mass is 390 g/mol. The molecule has 2 aromatic rings. The normalized spacial score (nSPS) is 11.4. The molecule has 0 unspecified atom stereocenters. The predicted molar refractivity (Wildman–Crippen MR) is 107 cm³/mol. The number of benzene rings is 2. The number of carbonyl (C=O) groups excluding carboxylic acids is 1. The number of hydrogen-bond donors (Lipinski definition) is 1. The molecule has 0 radical (unpaired) electrons. The zero-order valence-electron chi connectivity index (χ0n) is 16.2. The lowest BCUT2D eigenvalue weighted by Crippen LogP contribution is -2.23. The molecule has 0 aliphatic heterocycles. The van der Waals surface area contributed by atoms with Crippen LogP contribution in [0, 0.1) is 0 Å². The van der Waals surface area contributed by atoms with E-state index in [1.54, 1.807) is 6.07 Å². The molecular weight excluding hydrogens is 364 g/mol. The predicted octanol–water partition coefficient (Wildman–Crippen LogP) is 3.08. The van der Waals surface area contributed by atoms with Crippen molar-refractivity contribution in [2.75, 3.05) is 26.5 Å². The Hall–Kier alpha value is -2.38. The number of aryl methyl sites for hydroxylation is 2. The van der Waals surface area contributed by atoms with Crippen LogP contribution in [0.1, 0.15) is 24.5 Å². The summed E-state index contributed by atoms with van der Waals surface area (Å²) in [7, 11) is 0.622. The molecule has 0 aromatic heterocycles. The van der Waals surface area contributed by atoms with Crippen molar-refractivity contribution in [3.8, 4) is 5.75 Å². The van der Waals surface area contributed by atoms with E-state index < -0.39 is 10.0 Å². The maximum absolute atomic E-state index is 12.4. The Kier molecular flexibility index (Phi) is 6.98. The summed E-state index contributed by atoms with van der Waals surface area (Å²) in [6, 6.07) is 12.8. The summed E-state index contributed by atoms with van der Waals surface area (Å²) in [6.45, 7) is 2.10. The van der Waals surface area contributed by atoms with Crippen LogP contribution < -0.4 is 10.1 Å². The number of hydrogen-bond acceptors (Lipinski definition) is 4. The second-order valence-corrected chi connectivity index (χ2v) is 8.49. The first kappa shape index (κ1) is 20.9. The average molecular weight is 391 g/mol. The summed E-state index contributed by atoms with van der Waals surface area (Å²) in [5.74, 6) is 0.0608. The minimum absolute atomic E-state index is 0.0166. The molecule has 0 spiro atoms. The van der Waals surface area contributed by atoms with E-state index in [0.29, 0.717) is 18.5 Å². The van der Waals surface area contributed by atoms with Crippen LogP contribution in [0.3, 0.4) is 0 Å². The molecule has 0 aliphatic rings. The Morgan fingerprint density at radius 3 is 2.26 bits per heavy atom. The lowest BCUT2D eigenvalue weighted by atomic mass is 10.1. The standard InChI is InChI=1S/C20H26N2O4S/c1-5-15-6-8-16(9-7-15)10-13-20(23)21-17-11-12-18(26-4)19(14-17)27(24,25)22(2)3/h6-9,11-12,14H,5,10,13H2,1-4H3,(H,21,23). The van der Waals surface area contributed by atoms with Gasteiger partial charge >= 0.3 is 0 Å². The van der Waals surface area contributed by atoms with Crippen LogP contribution in [0.25, 0.3) is 0 Å². The third-order valence-electron chi connectivity index (χ3n) is 4.28. The second kappa shape index (κ2) is 9.01. The minimum atomic E-state index is -3.68. The smallest absolute Gasteiger partial charge is 0.246 e. The van der Waals surface area contributed by atoms with Gasteiger partial charge in [0.05, 0.1) is 7.11 Å². The summed E-state index contributed by atoms with van der Waals surface area (Å²) in [5.41, 5.74) is 2.77. The van der Waals surface area contributed by atoms with Gasteiger partial charge in [0.1, 0.15) is 10.6 Å². The molecule has 27 heavy (non-hydrogen) atoms. The van der Waals surface area contributed by atoms with Crippen LogP contribution in [0.2, 0.25) is 0 Å². The van der Waals surface area contributed by atoms with Crippen LogP contribution in [-0.2, 0) is 27.7 Å². The van der Waals surface area contributed by atoms with Crippen molar-refractivity contribution in [2.45, 2.75) is 31.1 Å². The molecule has 0 atom stereocenters. The van der Waals surface area contributed by atoms with Crippen molar-refractivity contribution in [1.82, 2.24) is 4.31 Å². The van der Waals surface area contributed by atoms with Crippen molar-refractivity contribution in [1.29, 1.82) is 0 Å². The fourth-order valence-electron chi connectivity index (χ4n) is 2.58. The van der Waals surface area contributed by atoms with Gasteiger partial charge in [-0.25, -0.2) is 12.7 Å². The van der Waals surface area contributed by atoms with Crippen molar-refractivity contribution >= 4 is 21.6 Å². The molecule has 1 amide bonds. The zero-order valence-corrected chi connectivity index (χ0v) is 17.0. The van der Waals surface area contributed by atoms with Gasteiger partial charge in [-0.1, -0.05) is 31.2 Å². The number of carbonyl (C=O) groups is 1. The molecular formula is C20H26N2O4S. The number of nitrogens with zero attached hydrogens (tertiary/aromatic N) is 1. The number of amides is 1. The van der Waals surface area contributed by atoms with Crippen molar-refractivity contribution < 1.29 is 17.9 Å². The van der Waals surface area contributed by atoms with Gasteiger partial charge in [-0.2, -0.15) is 0 Å². The largest absolute Gasteiger partial charge is 0.495 e. The maximum Gasteiger partial charge on any atom is 0.246 e. The van der Waals surface area contributed by atoms with E-state index in [9.17, 15) is 13.2 Å². The number of methoxy groups -OCH3 is 1. The first-order valence-corrected chi connectivity index (χ1v) is 10.2. The third kappa shape index (κ3) is 5.30. The van der Waals surface area contributed by atoms with Crippen LogP contribution in [0.15, 0.2) is 47.4 Å². The van der Waals surface area contributed by atoms with E-state index in [1.165, 1.54) is 38.9 Å². The Labute approximate surface area is 161 Å². The summed E-state index contributed by atoms with van der Waals surface area (Å²) in [6.07, 6.45) is 1.92. The molecule has 0 aliphatic carbocycles. The average Bonchev–Trinajstić information content (AvgIpc) is 2.66. The van der Waals surface area contributed by atoms with Crippen molar-refractivity contribution in [3.05, 3.63) is 53.6 Å². The lowest BCUT2D eigenvalue weighted by Gasteiger charge is -2.16. The fourth-order valence-corrected chi connectivity index (χ4v) is 3.65. The highest BCUT2D eigenvalue weighted by Crippen LogP contribution is 2.28. The Morgan fingerprint density at radius 1 is 1.07 bits per heavy atom. The van der Waals surface area contributed by atoms with E-state index in [0.717, 1.165) is 16.3 Å². The van der Waals surface area contributed by atoms with Crippen LogP contribution >= 0.6 is 0 Å². The topological polar surface area (TPSA) is 75.7 Å². The highest BCUT2D eigenvalue weighted by Gasteiger charge is 2.23. The van der Waals surface area contributed by atoms with Gasteiger partial charge in [0.15, 0.2) is 0 Å². The quantitative estimate of drug-likeness (QED) is 0.752. The molecule has 0 saturated carbocycles. The van der Waals surface area contributed by atoms with Gasteiger partial charge in [-0.3, -0.25) is 4.79 Å². The lowest BCUT2D eigenvalue weighted by molar-refractivity contribution is -0.116. The Balaban J connectivity index is 2.08. The summed E-state index contributed by atoms with van der Waals surface area (Å²) >= 11 is 0. The van der Waals surface area contributed by atoms with E-state index in [1.807, 2.05) is 12.1 Å². The van der Waals surface area contributed by atoms with Crippen LogP contribution in [-0.4, -0.2) is 39.8 Å². The number of anilines is 1. The summed E-state index contributed by atoms with van der Waals surface area (Å²) < 4.78 is 31.1. The maximum atomic E-state index is 12.4. The van der Waals surface area contributed by atoms with Gasteiger partial charge in [-0.05, 0) is 42.2 Å². The first-order chi connectivity index (χ1) is 12.8. The van der Waals surface area contributed by atoms with Gasteiger partial charge < -0.3 is 10.1 Å². The molecule has 2 rings (SSSR count). The van der Waals surface area contributed by atoms with Crippen molar-refractivity contribution in [3.63, 3.8) is 0 Å². The van der Waals surface area contributed by atoms with Gasteiger partial charge in [0.2, 0.25) is 15.9 Å². The van der Waals surface area contributed by atoms with E-state index >= 15 is 0 Å². The molecule has 0 bridgehead atoms. The van der Waals surface area contributed by atoms with Crippen LogP contribution in [0.5, 0.6) is 5.75 Å². The zero-order chi connectivity index (χ0) is 20.0. The van der Waals surface area contributed by atoms with E-state index in [2.05, 4.69) is 24.4 Å². The first-order valence-electron chi connectivity index (χ1n) is 8.76. The fraction of sp³-hybridized carbons (Fsp3) is 0.350.